The van der Waals surface area contributed by atoms with Gasteiger partial charge in [-0.2, -0.15) is 0 Å². The van der Waals surface area contributed by atoms with Crippen molar-refractivity contribution in [2.24, 2.45) is 0 Å². The van der Waals surface area contributed by atoms with Crippen LogP contribution >= 0.6 is 0 Å². The number of unbranched alkanes of at least 4 members (excludes halogenated alkanes) is 2. The van der Waals surface area contributed by atoms with E-state index < -0.39 is 0 Å². The molecule has 0 aromatic rings. The van der Waals surface area contributed by atoms with E-state index in [1.807, 2.05) is 7.05 Å². The molecule has 0 aliphatic heterocycles. The summed E-state index contributed by atoms with van der Waals surface area (Å²) in [6.45, 7) is 4.28. The highest BCUT2D eigenvalue weighted by atomic mass is 16.3. The van der Waals surface area contributed by atoms with Crippen LogP contribution in [-0.2, 0) is 0 Å². The molecule has 0 spiro atoms. The third-order valence-corrected chi connectivity index (χ3v) is 2.26. The van der Waals surface area contributed by atoms with Gasteiger partial charge in [0.25, 0.3) is 0 Å². The zero-order chi connectivity index (χ0) is 9.40. The predicted octanol–water partition coefficient (Wildman–Crippen LogP) is 1.93. The van der Waals surface area contributed by atoms with Crippen LogP contribution in [0.3, 0.4) is 0 Å². The maximum atomic E-state index is 9.54. The topological polar surface area (TPSA) is 32.3 Å². The lowest BCUT2D eigenvalue weighted by atomic mass is 10.0. The van der Waals surface area contributed by atoms with Crippen LogP contribution < -0.4 is 5.32 Å². The first-order chi connectivity index (χ1) is 5.70. The molecule has 2 heteroatoms. The van der Waals surface area contributed by atoms with E-state index in [0.717, 1.165) is 19.3 Å². The standard InChI is InChI=1S/C10H23NO/c1-4-5-6-7-10(12)8-9(2)11-3/h9-12H,4-8H2,1-3H3. The zero-order valence-corrected chi connectivity index (χ0v) is 8.64. The molecule has 0 heterocycles. The molecule has 0 saturated heterocycles. The number of aliphatic hydroxyl groups excluding tert-OH is 1. The van der Waals surface area contributed by atoms with Gasteiger partial charge >= 0.3 is 0 Å². The van der Waals surface area contributed by atoms with E-state index in [-0.39, 0.29) is 6.10 Å². The minimum absolute atomic E-state index is 0.112. The lowest BCUT2D eigenvalue weighted by Crippen LogP contribution is -2.26. The van der Waals surface area contributed by atoms with Crippen molar-refractivity contribution in [3.8, 4) is 0 Å². The van der Waals surface area contributed by atoms with Crippen molar-refractivity contribution in [3.05, 3.63) is 0 Å². The molecule has 0 amide bonds. The number of hydrogen-bond donors (Lipinski definition) is 2. The lowest BCUT2D eigenvalue weighted by Gasteiger charge is -2.15. The van der Waals surface area contributed by atoms with Crippen molar-refractivity contribution in [1.82, 2.24) is 5.32 Å². The van der Waals surface area contributed by atoms with Gasteiger partial charge in [0.05, 0.1) is 6.10 Å². The van der Waals surface area contributed by atoms with E-state index in [4.69, 9.17) is 0 Å². The van der Waals surface area contributed by atoms with Crippen LogP contribution in [0.15, 0.2) is 0 Å². The molecule has 12 heavy (non-hydrogen) atoms. The Morgan fingerprint density at radius 2 is 2.00 bits per heavy atom. The highest BCUT2D eigenvalue weighted by Crippen LogP contribution is 2.07. The van der Waals surface area contributed by atoms with Crippen molar-refractivity contribution >= 4 is 0 Å². The Morgan fingerprint density at radius 1 is 1.33 bits per heavy atom. The Labute approximate surface area is 76.4 Å². The van der Waals surface area contributed by atoms with Crippen LogP contribution in [0.4, 0.5) is 0 Å². The first kappa shape index (κ1) is 11.9. The van der Waals surface area contributed by atoms with E-state index in [0.29, 0.717) is 6.04 Å². The van der Waals surface area contributed by atoms with Crippen molar-refractivity contribution < 1.29 is 5.11 Å². The molecular formula is C10H23NO. The highest BCUT2D eigenvalue weighted by Gasteiger charge is 2.07. The molecule has 2 unspecified atom stereocenters. The van der Waals surface area contributed by atoms with Gasteiger partial charge < -0.3 is 10.4 Å². The normalized spacial score (nSPS) is 16.0. The minimum Gasteiger partial charge on any atom is -0.393 e. The van der Waals surface area contributed by atoms with Crippen molar-refractivity contribution in [2.75, 3.05) is 7.05 Å². The van der Waals surface area contributed by atoms with E-state index in [1.165, 1.54) is 12.8 Å². The number of rotatable bonds is 7. The molecule has 0 bridgehead atoms. The third-order valence-electron chi connectivity index (χ3n) is 2.26. The summed E-state index contributed by atoms with van der Waals surface area (Å²) in [6, 6.07) is 0.432. The Balaban J connectivity index is 3.26. The van der Waals surface area contributed by atoms with Gasteiger partial charge in [-0.1, -0.05) is 26.2 Å². The van der Waals surface area contributed by atoms with Gasteiger partial charge in [-0.05, 0) is 26.8 Å². The second kappa shape index (κ2) is 7.56. The smallest absolute Gasteiger partial charge is 0.0555 e. The largest absolute Gasteiger partial charge is 0.393 e. The Hall–Kier alpha value is -0.0800. The molecule has 0 rings (SSSR count). The molecule has 74 valence electrons. The highest BCUT2D eigenvalue weighted by molar-refractivity contribution is 4.64. The third kappa shape index (κ3) is 6.62. The van der Waals surface area contributed by atoms with Crippen LogP contribution in [0.2, 0.25) is 0 Å². The molecule has 2 atom stereocenters. The minimum atomic E-state index is -0.112. The summed E-state index contributed by atoms with van der Waals surface area (Å²) in [5.41, 5.74) is 0. The molecular weight excluding hydrogens is 150 g/mol. The monoisotopic (exact) mass is 173 g/mol. The molecule has 0 aromatic carbocycles. The molecule has 2 nitrogen and oxygen atoms in total. The average molecular weight is 173 g/mol. The van der Waals surface area contributed by atoms with Crippen LogP contribution in [0.5, 0.6) is 0 Å². The second-order valence-electron chi connectivity index (χ2n) is 3.58. The van der Waals surface area contributed by atoms with Gasteiger partial charge in [-0.25, -0.2) is 0 Å². The molecule has 0 aliphatic rings. The Morgan fingerprint density at radius 3 is 2.50 bits per heavy atom. The molecule has 0 fully saturated rings. The van der Waals surface area contributed by atoms with E-state index in [9.17, 15) is 5.11 Å². The van der Waals surface area contributed by atoms with Crippen molar-refractivity contribution in [1.29, 1.82) is 0 Å². The summed E-state index contributed by atoms with van der Waals surface area (Å²) >= 11 is 0. The van der Waals surface area contributed by atoms with Crippen LogP contribution in [0.1, 0.15) is 46.0 Å². The van der Waals surface area contributed by atoms with Crippen LogP contribution in [-0.4, -0.2) is 24.3 Å². The van der Waals surface area contributed by atoms with E-state index >= 15 is 0 Å². The van der Waals surface area contributed by atoms with Gasteiger partial charge in [0.15, 0.2) is 0 Å². The molecule has 0 aliphatic carbocycles. The lowest BCUT2D eigenvalue weighted by molar-refractivity contribution is 0.140. The van der Waals surface area contributed by atoms with Gasteiger partial charge in [-0.15, -0.1) is 0 Å². The van der Waals surface area contributed by atoms with Gasteiger partial charge in [-0.3, -0.25) is 0 Å². The summed E-state index contributed by atoms with van der Waals surface area (Å²) in [4.78, 5) is 0. The number of aliphatic hydroxyl groups is 1. The fraction of sp³-hybridized carbons (Fsp3) is 1.00. The van der Waals surface area contributed by atoms with E-state index in [2.05, 4.69) is 19.2 Å². The number of hydrogen-bond acceptors (Lipinski definition) is 2. The van der Waals surface area contributed by atoms with Crippen molar-refractivity contribution in [2.45, 2.75) is 58.1 Å². The summed E-state index contributed by atoms with van der Waals surface area (Å²) in [5.74, 6) is 0. The fourth-order valence-corrected chi connectivity index (χ4v) is 1.27. The predicted molar refractivity (Wildman–Crippen MR) is 53.3 cm³/mol. The maximum absolute atomic E-state index is 9.54. The Kier molecular flexibility index (Phi) is 7.51. The second-order valence-corrected chi connectivity index (χ2v) is 3.58. The average Bonchev–Trinajstić information content (AvgIpc) is 2.05. The van der Waals surface area contributed by atoms with Crippen molar-refractivity contribution in [3.63, 3.8) is 0 Å². The number of nitrogens with one attached hydrogen (secondary N) is 1. The van der Waals surface area contributed by atoms with E-state index in [1.54, 1.807) is 0 Å². The van der Waals surface area contributed by atoms with Gasteiger partial charge in [0, 0.05) is 6.04 Å². The molecule has 2 N–H and O–H groups in total. The molecule has 0 aromatic heterocycles. The summed E-state index contributed by atoms with van der Waals surface area (Å²) < 4.78 is 0. The zero-order valence-electron chi connectivity index (χ0n) is 8.64. The quantitative estimate of drug-likeness (QED) is 0.577. The fourth-order valence-electron chi connectivity index (χ4n) is 1.27. The molecule has 0 radical (unpaired) electrons. The first-order valence-corrected chi connectivity index (χ1v) is 5.06. The summed E-state index contributed by atoms with van der Waals surface area (Å²) in [6.07, 6.45) is 5.35. The Bertz CT molecular complexity index is 95.8. The maximum Gasteiger partial charge on any atom is 0.0555 e. The SMILES string of the molecule is CCCCCC(O)CC(C)NC. The molecule has 0 saturated carbocycles. The van der Waals surface area contributed by atoms with Gasteiger partial charge in [0.2, 0.25) is 0 Å². The van der Waals surface area contributed by atoms with Crippen LogP contribution in [0, 0.1) is 0 Å². The van der Waals surface area contributed by atoms with Gasteiger partial charge in [0.1, 0.15) is 0 Å². The van der Waals surface area contributed by atoms with Crippen LogP contribution in [0.25, 0.3) is 0 Å². The summed E-state index contributed by atoms with van der Waals surface area (Å²) in [5, 5.41) is 12.7. The first-order valence-electron chi connectivity index (χ1n) is 5.06. The summed E-state index contributed by atoms with van der Waals surface area (Å²) in [7, 11) is 1.93.